The van der Waals surface area contributed by atoms with Gasteiger partial charge in [-0.15, -0.1) is 0 Å². The van der Waals surface area contributed by atoms with Crippen molar-refractivity contribution < 1.29 is 83.8 Å². The van der Waals surface area contributed by atoms with Gasteiger partial charge in [0.2, 0.25) is 0 Å². The monoisotopic (exact) mass is 863 g/mol. The van der Waals surface area contributed by atoms with Crippen molar-refractivity contribution in [2.45, 2.75) is 34.5 Å². The molecule has 8 nitrogen and oxygen atoms in total. The highest BCUT2D eigenvalue weighted by atomic mass is 35.5. The maximum absolute atomic E-state index is 14.3. The fourth-order valence-corrected chi connectivity index (χ4v) is 8.58. The molecular weight excluding hydrogens is 849 g/mol. The second kappa shape index (κ2) is 14.3. The molecule has 0 heterocycles. The van der Waals surface area contributed by atoms with Crippen LogP contribution in [0.5, 0.6) is 11.5 Å². The van der Waals surface area contributed by atoms with Crippen molar-refractivity contribution in [2.24, 2.45) is 0 Å². The summed E-state index contributed by atoms with van der Waals surface area (Å²) < 4.78 is 232. The van der Waals surface area contributed by atoms with Gasteiger partial charge in [0, 0.05) is 6.07 Å². The number of carbonyl (C=O) groups is 1. The molecule has 0 fully saturated rings. The fourth-order valence-electron chi connectivity index (χ4n) is 4.43. The van der Waals surface area contributed by atoms with E-state index in [2.05, 4.69) is 4.74 Å². The molecule has 0 spiro atoms. The van der Waals surface area contributed by atoms with Crippen LogP contribution in [0.25, 0.3) is 0 Å². The van der Waals surface area contributed by atoms with Crippen molar-refractivity contribution >= 4 is 54.9 Å². The molecule has 0 saturated carbocycles. The van der Waals surface area contributed by atoms with Crippen molar-refractivity contribution in [1.29, 1.82) is 0 Å². The standard InChI is InChI=1S/C30H15Cl2F12NO7S2/c1-51-26(46)20-4-2-3-5-24(20)52-25-13-22(32)21(31)12-23(25)45(53(47,48)18-8-14(27(33,34)35)6-15(9-18)28(36,37)38)54(49,50)19-10-16(29(39,40)41)7-17(11-19)30(42,43)44/h2-13H,1H3. The maximum Gasteiger partial charge on any atom is 0.416 e. The van der Waals surface area contributed by atoms with Crippen LogP contribution < -0.4 is 8.45 Å². The average Bonchev–Trinajstić information content (AvgIpc) is 3.04. The molecule has 0 radical (unpaired) electrons. The van der Waals surface area contributed by atoms with E-state index in [9.17, 15) is 74.3 Å². The second-order valence-corrected chi connectivity index (χ2v) is 15.1. The SMILES string of the molecule is COC(=O)c1ccccc1Oc1cc(Cl)c(Cl)cc1N(S(=O)(=O)c1cc(C(F)(F)F)cc(C(F)(F)F)c1)S(=O)(=O)c1cc(C(F)(F)F)cc(C(F)(F)F)c1. The molecule has 4 rings (SSSR count). The van der Waals surface area contributed by atoms with Crippen LogP contribution in [0.15, 0.2) is 82.6 Å². The number of nitrogens with zero attached hydrogens (tertiary/aromatic N) is 1. The van der Waals surface area contributed by atoms with Crippen LogP contribution in [0.1, 0.15) is 32.6 Å². The van der Waals surface area contributed by atoms with Crippen molar-refractivity contribution in [3.8, 4) is 11.5 Å². The van der Waals surface area contributed by atoms with Crippen LogP contribution in [-0.2, 0) is 49.5 Å². The number of anilines is 1. The summed E-state index contributed by atoms with van der Waals surface area (Å²) >= 11 is 12.0. The van der Waals surface area contributed by atoms with Gasteiger partial charge in [-0.2, -0.15) is 56.4 Å². The summed E-state index contributed by atoms with van der Waals surface area (Å²) in [7, 11) is -12.3. The molecule has 0 aliphatic rings. The highest BCUT2D eigenvalue weighted by molar-refractivity contribution is 8.10. The minimum atomic E-state index is -6.59. The third-order valence-corrected chi connectivity index (χ3v) is 11.7. The largest absolute Gasteiger partial charge is 0.465 e. The normalized spacial score (nSPS) is 13.1. The fraction of sp³-hybridized carbons (Fsp3) is 0.167. The minimum absolute atomic E-state index is 0.256. The predicted octanol–water partition coefficient (Wildman–Crippen LogP) is 10.2. The lowest BCUT2D eigenvalue weighted by Crippen LogP contribution is -2.38. The second-order valence-electron chi connectivity index (χ2n) is 10.5. The van der Waals surface area contributed by atoms with Gasteiger partial charge < -0.3 is 9.47 Å². The van der Waals surface area contributed by atoms with Crippen LogP contribution in [0.2, 0.25) is 10.0 Å². The first-order valence-electron chi connectivity index (χ1n) is 13.7. The van der Waals surface area contributed by atoms with Crippen molar-refractivity contribution in [2.75, 3.05) is 10.8 Å². The number of hydrogen-bond donors (Lipinski definition) is 0. The van der Waals surface area contributed by atoms with Crippen LogP contribution in [0.3, 0.4) is 0 Å². The number of sulfonamides is 2. The molecule has 54 heavy (non-hydrogen) atoms. The molecule has 0 aromatic heterocycles. The molecule has 4 aromatic rings. The molecule has 292 valence electrons. The summed E-state index contributed by atoms with van der Waals surface area (Å²) in [5.74, 6) is -2.97. The van der Waals surface area contributed by atoms with Gasteiger partial charge in [0.25, 0.3) is 20.0 Å². The van der Waals surface area contributed by atoms with Gasteiger partial charge >= 0.3 is 30.7 Å². The zero-order valence-electron chi connectivity index (χ0n) is 25.8. The lowest BCUT2D eigenvalue weighted by atomic mass is 10.1. The Bertz CT molecular complexity index is 2170. The summed E-state index contributed by atoms with van der Waals surface area (Å²) in [6.45, 7) is 0. The van der Waals surface area contributed by atoms with Crippen LogP contribution >= 0.6 is 23.2 Å². The Morgan fingerprint density at radius 1 is 0.574 bits per heavy atom. The zero-order valence-corrected chi connectivity index (χ0v) is 29.0. The Balaban J connectivity index is 2.21. The lowest BCUT2D eigenvalue weighted by molar-refractivity contribution is -0.145. The molecule has 0 atom stereocenters. The van der Waals surface area contributed by atoms with Gasteiger partial charge in [-0.25, -0.2) is 21.6 Å². The summed E-state index contributed by atoms with van der Waals surface area (Å²) in [4.78, 5) is 8.11. The Hall–Kier alpha value is -4.41. The number of ether oxygens (including phenoxy) is 2. The number of methoxy groups -OCH3 is 1. The number of esters is 1. The summed E-state index contributed by atoms with van der Waals surface area (Å²) in [6, 6.07) is 2.13. The molecule has 0 amide bonds. The smallest absolute Gasteiger partial charge is 0.416 e. The number of halogens is 14. The number of benzene rings is 4. The maximum atomic E-state index is 14.3. The summed E-state index contributed by atoms with van der Waals surface area (Å²) in [5, 5.41) is -1.49. The first-order valence-corrected chi connectivity index (χ1v) is 17.4. The molecular formula is C30H15Cl2F12NO7S2. The van der Waals surface area contributed by atoms with Gasteiger partial charge in [-0.1, -0.05) is 35.3 Å². The van der Waals surface area contributed by atoms with E-state index in [4.69, 9.17) is 27.9 Å². The molecule has 0 bridgehead atoms. The Morgan fingerprint density at radius 2 is 0.944 bits per heavy atom. The van der Waals surface area contributed by atoms with Gasteiger partial charge in [0.05, 0.1) is 49.2 Å². The Labute approximate surface area is 305 Å². The van der Waals surface area contributed by atoms with E-state index < -0.39 is 156 Å². The first kappa shape index (κ1) is 42.3. The van der Waals surface area contributed by atoms with Crippen LogP contribution in [-0.4, -0.2) is 29.9 Å². The lowest BCUT2D eigenvalue weighted by Gasteiger charge is -2.27. The zero-order chi connectivity index (χ0) is 41.0. The number of carbonyl (C=O) groups excluding carboxylic acids is 1. The van der Waals surface area contributed by atoms with E-state index in [0.717, 1.165) is 19.2 Å². The molecule has 0 aliphatic heterocycles. The topological polar surface area (TPSA) is 107 Å². The molecule has 4 aromatic carbocycles. The number of para-hydroxylation sites is 1. The third kappa shape index (κ3) is 8.76. The Kier molecular flexibility index (Phi) is 11.2. The summed E-state index contributed by atoms with van der Waals surface area (Å²) in [6.07, 6.45) is -23.0. The van der Waals surface area contributed by atoms with E-state index in [1.807, 2.05) is 0 Å². The molecule has 0 N–H and O–H groups in total. The van der Waals surface area contributed by atoms with Crippen molar-refractivity contribution in [1.82, 2.24) is 0 Å². The van der Waals surface area contributed by atoms with Gasteiger partial charge in [0.1, 0.15) is 17.0 Å². The minimum Gasteiger partial charge on any atom is -0.465 e. The van der Waals surface area contributed by atoms with Crippen molar-refractivity contribution in [3.05, 3.63) is 111 Å². The van der Waals surface area contributed by atoms with Gasteiger partial charge in [-0.05, 0) is 54.6 Å². The van der Waals surface area contributed by atoms with Gasteiger partial charge in [-0.3, -0.25) is 0 Å². The highest BCUT2D eigenvalue weighted by Crippen LogP contribution is 2.46. The average molecular weight is 864 g/mol. The third-order valence-electron chi connectivity index (χ3n) is 6.87. The van der Waals surface area contributed by atoms with E-state index in [-0.39, 0.29) is 6.07 Å². The molecule has 0 unspecified atom stereocenters. The van der Waals surface area contributed by atoms with E-state index in [0.29, 0.717) is 6.07 Å². The number of hydrogen-bond acceptors (Lipinski definition) is 7. The predicted molar refractivity (Wildman–Crippen MR) is 164 cm³/mol. The van der Waals surface area contributed by atoms with E-state index >= 15 is 0 Å². The number of rotatable bonds is 8. The molecule has 0 aliphatic carbocycles. The summed E-state index contributed by atoms with van der Waals surface area (Å²) in [5.41, 5.74) is -11.4. The van der Waals surface area contributed by atoms with Crippen LogP contribution in [0, 0.1) is 0 Å². The van der Waals surface area contributed by atoms with Crippen LogP contribution in [0.4, 0.5) is 58.4 Å². The quantitative estimate of drug-likeness (QED) is 0.128. The first-order chi connectivity index (χ1) is 24.5. The number of alkyl halides is 12. The van der Waals surface area contributed by atoms with E-state index in [1.165, 1.54) is 12.1 Å². The van der Waals surface area contributed by atoms with Gasteiger partial charge in [0.15, 0.2) is 5.75 Å². The molecule has 24 heteroatoms. The highest BCUT2D eigenvalue weighted by Gasteiger charge is 2.46. The van der Waals surface area contributed by atoms with Crippen molar-refractivity contribution in [3.63, 3.8) is 0 Å². The molecule has 0 saturated heterocycles. The Morgan fingerprint density at radius 3 is 1.31 bits per heavy atom. The van der Waals surface area contributed by atoms with E-state index in [1.54, 1.807) is 0 Å².